The molecule has 2 fully saturated rings. The fraction of sp³-hybridized carbons (Fsp3) is 0.625. The van der Waals surface area contributed by atoms with Gasteiger partial charge in [0.1, 0.15) is 5.75 Å². The molecule has 1 saturated heterocycles. The maximum Gasteiger partial charge on any atom is 0.119 e. The zero-order chi connectivity index (χ0) is 13.1. The molecule has 1 aromatic rings. The highest BCUT2D eigenvalue weighted by molar-refractivity contribution is 5.56. The van der Waals surface area contributed by atoms with Crippen LogP contribution in [0.5, 0.6) is 5.75 Å². The molecule has 1 aromatic carbocycles. The van der Waals surface area contributed by atoms with Crippen LogP contribution in [0, 0.1) is 12.8 Å². The van der Waals surface area contributed by atoms with Gasteiger partial charge in [-0.1, -0.05) is 0 Å². The van der Waals surface area contributed by atoms with Gasteiger partial charge >= 0.3 is 0 Å². The topological polar surface area (TPSA) is 24.5 Å². The molecule has 104 valence electrons. The van der Waals surface area contributed by atoms with E-state index in [4.69, 9.17) is 4.74 Å². The van der Waals surface area contributed by atoms with E-state index in [1.54, 1.807) is 0 Å². The molecule has 0 atom stereocenters. The van der Waals surface area contributed by atoms with Crippen LogP contribution in [-0.2, 0) is 0 Å². The lowest BCUT2D eigenvalue weighted by Crippen LogP contribution is -2.28. The first-order chi connectivity index (χ1) is 9.33. The molecule has 1 N–H and O–H groups in total. The van der Waals surface area contributed by atoms with Crippen LogP contribution >= 0.6 is 0 Å². The largest absolute Gasteiger partial charge is 0.493 e. The molecular weight excluding hydrogens is 236 g/mol. The van der Waals surface area contributed by atoms with Gasteiger partial charge in [0, 0.05) is 25.3 Å². The van der Waals surface area contributed by atoms with E-state index in [0.717, 1.165) is 44.5 Å². The number of hydrogen-bond acceptors (Lipinski definition) is 3. The Morgan fingerprint density at radius 1 is 1.26 bits per heavy atom. The summed E-state index contributed by atoms with van der Waals surface area (Å²) in [5, 5.41) is 3.45. The maximum atomic E-state index is 5.85. The Hall–Kier alpha value is -1.22. The summed E-state index contributed by atoms with van der Waals surface area (Å²) in [7, 11) is 0. The lowest BCUT2D eigenvalue weighted by atomic mass is 10.1. The Morgan fingerprint density at radius 2 is 2.16 bits per heavy atom. The second-order valence-electron chi connectivity index (χ2n) is 5.79. The van der Waals surface area contributed by atoms with Gasteiger partial charge in [0.15, 0.2) is 0 Å². The van der Waals surface area contributed by atoms with E-state index < -0.39 is 0 Å². The number of ether oxygens (including phenoxy) is 1. The van der Waals surface area contributed by atoms with Crippen molar-refractivity contribution in [1.29, 1.82) is 0 Å². The van der Waals surface area contributed by atoms with Crippen molar-refractivity contribution in [1.82, 2.24) is 5.32 Å². The summed E-state index contributed by atoms with van der Waals surface area (Å²) in [4.78, 5) is 2.49. The molecule has 0 radical (unpaired) electrons. The van der Waals surface area contributed by atoms with Crippen LogP contribution in [0.2, 0.25) is 0 Å². The van der Waals surface area contributed by atoms with Gasteiger partial charge in [-0.3, -0.25) is 0 Å². The number of nitrogens with one attached hydrogen (secondary N) is 1. The van der Waals surface area contributed by atoms with Gasteiger partial charge in [-0.25, -0.2) is 0 Å². The van der Waals surface area contributed by atoms with Gasteiger partial charge in [-0.2, -0.15) is 0 Å². The fourth-order valence-corrected chi connectivity index (χ4v) is 2.66. The molecule has 1 aliphatic heterocycles. The smallest absolute Gasteiger partial charge is 0.119 e. The summed E-state index contributed by atoms with van der Waals surface area (Å²) < 4.78 is 5.85. The van der Waals surface area contributed by atoms with Crippen molar-refractivity contribution in [2.45, 2.75) is 26.2 Å². The second kappa shape index (κ2) is 5.83. The molecular formula is C16H24N2O. The summed E-state index contributed by atoms with van der Waals surface area (Å²) >= 11 is 0. The number of hydrogen-bond donors (Lipinski definition) is 1. The van der Waals surface area contributed by atoms with Crippen LogP contribution in [0.1, 0.15) is 24.8 Å². The molecule has 1 heterocycles. The number of aryl methyl sites for hydroxylation is 1. The molecule has 0 aromatic heterocycles. The normalized spacial score (nSPS) is 20.2. The standard InChI is InChI=1S/C16H24N2O/c1-13-11-15(19-12-14-3-4-14)5-6-16(13)18-9-2-7-17-8-10-18/h5-6,11,14,17H,2-4,7-10,12H2,1H3. The lowest BCUT2D eigenvalue weighted by molar-refractivity contribution is 0.299. The minimum absolute atomic E-state index is 0.816. The van der Waals surface area contributed by atoms with Crippen molar-refractivity contribution in [3.63, 3.8) is 0 Å². The van der Waals surface area contributed by atoms with Crippen LogP contribution in [0.15, 0.2) is 18.2 Å². The van der Waals surface area contributed by atoms with Crippen LogP contribution in [-0.4, -0.2) is 32.8 Å². The van der Waals surface area contributed by atoms with Gasteiger partial charge in [-0.15, -0.1) is 0 Å². The third-order valence-corrected chi connectivity index (χ3v) is 4.03. The van der Waals surface area contributed by atoms with E-state index in [0.29, 0.717) is 0 Å². The van der Waals surface area contributed by atoms with Crippen LogP contribution in [0.4, 0.5) is 5.69 Å². The van der Waals surface area contributed by atoms with Gasteiger partial charge in [0.05, 0.1) is 6.61 Å². The van der Waals surface area contributed by atoms with Crippen LogP contribution < -0.4 is 15.0 Å². The molecule has 0 spiro atoms. The lowest BCUT2D eigenvalue weighted by Gasteiger charge is -2.24. The predicted octanol–water partition coefficient (Wildman–Crippen LogP) is 2.58. The Kier molecular flexibility index (Phi) is 3.92. The predicted molar refractivity (Wildman–Crippen MR) is 79.1 cm³/mol. The molecule has 3 nitrogen and oxygen atoms in total. The number of rotatable bonds is 4. The molecule has 0 bridgehead atoms. The Labute approximate surface area is 115 Å². The molecule has 3 rings (SSSR count). The molecule has 0 amide bonds. The highest BCUT2D eigenvalue weighted by atomic mass is 16.5. The van der Waals surface area contributed by atoms with Crippen molar-refractivity contribution < 1.29 is 4.74 Å². The molecule has 19 heavy (non-hydrogen) atoms. The molecule has 1 aliphatic carbocycles. The number of benzene rings is 1. The molecule has 3 heteroatoms. The summed E-state index contributed by atoms with van der Waals surface area (Å²) in [5.74, 6) is 1.85. The number of anilines is 1. The van der Waals surface area contributed by atoms with Crippen LogP contribution in [0.3, 0.4) is 0 Å². The number of nitrogens with zero attached hydrogens (tertiary/aromatic N) is 1. The van der Waals surface area contributed by atoms with E-state index in [2.05, 4.69) is 35.3 Å². The fourth-order valence-electron chi connectivity index (χ4n) is 2.66. The van der Waals surface area contributed by atoms with Gasteiger partial charge in [0.25, 0.3) is 0 Å². The Bertz CT molecular complexity index is 421. The van der Waals surface area contributed by atoms with E-state index >= 15 is 0 Å². The van der Waals surface area contributed by atoms with Crippen molar-refractivity contribution in [2.24, 2.45) is 5.92 Å². The molecule has 0 unspecified atom stereocenters. The molecule has 1 saturated carbocycles. The Morgan fingerprint density at radius 3 is 2.95 bits per heavy atom. The summed E-state index contributed by atoms with van der Waals surface area (Å²) in [6.07, 6.45) is 3.91. The average molecular weight is 260 g/mol. The van der Waals surface area contributed by atoms with Crippen LogP contribution in [0.25, 0.3) is 0 Å². The minimum Gasteiger partial charge on any atom is -0.493 e. The SMILES string of the molecule is Cc1cc(OCC2CC2)ccc1N1CCCNCC1. The quantitative estimate of drug-likeness (QED) is 0.900. The van der Waals surface area contributed by atoms with Crippen molar-refractivity contribution in [2.75, 3.05) is 37.7 Å². The summed E-state index contributed by atoms with van der Waals surface area (Å²) in [5.41, 5.74) is 2.69. The van der Waals surface area contributed by atoms with E-state index in [1.807, 2.05) is 0 Å². The zero-order valence-corrected chi connectivity index (χ0v) is 11.8. The first-order valence-corrected chi connectivity index (χ1v) is 7.52. The summed E-state index contributed by atoms with van der Waals surface area (Å²) in [6.45, 7) is 7.56. The maximum absolute atomic E-state index is 5.85. The van der Waals surface area contributed by atoms with Crippen molar-refractivity contribution >= 4 is 5.69 Å². The highest BCUT2D eigenvalue weighted by Gasteiger charge is 2.22. The Balaban J connectivity index is 1.66. The van der Waals surface area contributed by atoms with E-state index in [-0.39, 0.29) is 0 Å². The monoisotopic (exact) mass is 260 g/mol. The first kappa shape index (κ1) is 12.8. The van der Waals surface area contributed by atoms with Crippen molar-refractivity contribution in [3.05, 3.63) is 23.8 Å². The third kappa shape index (κ3) is 3.41. The summed E-state index contributed by atoms with van der Waals surface area (Å²) in [6, 6.07) is 6.54. The van der Waals surface area contributed by atoms with E-state index in [1.165, 1.54) is 30.5 Å². The van der Waals surface area contributed by atoms with Gasteiger partial charge < -0.3 is 15.0 Å². The van der Waals surface area contributed by atoms with Crippen molar-refractivity contribution in [3.8, 4) is 5.75 Å². The highest BCUT2D eigenvalue weighted by Crippen LogP contribution is 2.31. The average Bonchev–Trinajstić information content (AvgIpc) is 3.24. The second-order valence-corrected chi connectivity index (χ2v) is 5.79. The zero-order valence-electron chi connectivity index (χ0n) is 11.8. The van der Waals surface area contributed by atoms with E-state index in [9.17, 15) is 0 Å². The minimum atomic E-state index is 0.816. The van der Waals surface area contributed by atoms with Gasteiger partial charge in [0.2, 0.25) is 0 Å². The first-order valence-electron chi connectivity index (χ1n) is 7.52. The van der Waals surface area contributed by atoms with Gasteiger partial charge in [-0.05, 0) is 62.4 Å². The third-order valence-electron chi connectivity index (χ3n) is 4.03. The molecule has 2 aliphatic rings.